The van der Waals surface area contributed by atoms with Crippen LogP contribution in [-0.2, 0) is 6.54 Å². The first-order valence-corrected chi connectivity index (χ1v) is 7.34. The van der Waals surface area contributed by atoms with E-state index < -0.39 is 6.03 Å². The maximum Gasteiger partial charge on any atom is 0.321 e. The second kappa shape index (κ2) is 7.18. The topological polar surface area (TPSA) is 98.3 Å². The molecule has 2 heterocycles. The molecule has 0 bridgehead atoms. The lowest BCUT2D eigenvalue weighted by Crippen LogP contribution is -2.28. The highest BCUT2D eigenvalue weighted by Gasteiger charge is 2.10. The summed E-state index contributed by atoms with van der Waals surface area (Å²) in [4.78, 5) is 15.9. The van der Waals surface area contributed by atoms with Gasteiger partial charge in [0.2, 0.25) is 11.0 Å². The Kier molecular flexibility index (Phi) is 5.28. The lowest BCUT2D eigenvalue weighted by atomic mass is 10.3. The second-order valence-electron chi connectivity index (χ2n) is 3.71. The summed E-state index contributed by atoms with van der Waals surface area (Å²) < 4.78 is 10.8. The van der Waals surface area contributed by atoms with Crippen molar-refractivity contribution >= 4 is 38.4 Å². The molecule has 0 aromatic carbocycles. The number of hydrogen-bond donors (Lipinski definition) is 2. The molecule has 0 unspecified atom stereocenters. The fourth-order valence-corrected chi connectivity index (χ4v) is 2.37. The van der Waals surface area contributed by atoms with Crippen LogP contribution in [0, 0.1) is 0 Å². The lowest BCUT2D eigenvalue weighted by molar-refractivity contribution is 0.251. The Bertz CT molecular complexity index is 636. The fourth-order valence-electron chi connectivity index (χ4n) is 1.44. The normalized spacial score (nSPS) is 10.0. The van der Waals surface area contributed by atoms with Gasteiger partial charge in [0.1, 0.15) is 0 Å². The Hall–Kier alpha value is -1.94. The minimum absolute atomic E-state index is 0.261. The van der Waals surface area contributed by atoms with Gasteiger partial charge in [-0.2, -0.15) is 0 Å². The van der Waals surface area contributed by atoms with Gasteiger partial charge in [-0.05, 0) is 33.3 Å². The first kappa shape index (κ1) is 15.4. The molecule has 21 heavy (non-hydrogen) atoms. The predicted molar refractivity (Wildman–Crippen MR) is 80.8 cm³/mol. The van der Waals surface area contributed by atoms with Gasteiger partial charge >= 0.3 is 6.03 Å². The second-order valence-corrected chi connectivity index (χ2v) is 5.56. The molecule has 2 aromatic rings. The Morgan fingerprint density at radius 2 is 2.19 bits per heavy atom. The van der Waals surface area contributed by atoms with E-state index in [1.54, 1.807) is 6.20 Å². The Labute approximate surface area is 133 Å². The third-order valence-corrected chi connectivity index (χ3v) is 3.56. The highest BCUT2D eigenvalue weighted by Crippen LogP contribution is 2.22. The number of rotatable bonds is 5. The number of hydrogen-bond acceptors (Lipinski definition) is 7. The number of nitrogens with zero attached hydrogens (tertiary/aromatic N) is 3. The lowest BCUT2D eigenvalue weighted by Gasteiger charge is -2.09. The first-order valence-electron chi connectivity index (χ1n) is 5.73. The average molecular weight is 374 g/mol. The van der Waals surface area contributed by atoms with Gasteiger partial charge in [0.25, 0.3) is 5.19 Å². The van der Waals surface area contributed by atoms with Crippen LogP contribution in [0.15, 0.2) is 16.7 Å². The van der Waals surface area contributed by atoms with Gasteiger partial charge in [0, 0.05) is 22.8 Å². The smallest absolute Gasteiger partial charge is 0.321 e. The standard InChI is InChI=1S/C11H12BrN5O3S/c1-19-8-6(3-7(12)5-13-8)4-14-9(18)15-10-16-17-11(20-2)21-10/h3,5H,4H2,1-2H3,(H2,14,15,16,18). The monoisotopic (exact) mass is 373 g/mol. The molecule has 8 nitrogen and oxygen atoms in total. The van der Waals surface area contributed by atoms with Crippen molar-refractivity contribution in [2.75, 3.05) is 19.5 Å². The van der Waals surface area contributed by atoms with Crippen LogP contribution < -0.4 is 20.1 Å². The molecule has 0 aliphatic heterocycles. The molecule has 2 N–H and O–H groups in total. The maximum absolute atomic E-state index is 11.8. The Balaban J connectivity index is 1.93. The van der Waals surface area contributed by atoms with Crippen molar-refractivity contribution in [2.45, 2.75) is 6.54 Å². The zero-order valence-corrected chi connectivity index (χ0v) is 13.6. The molecule has 0 saturated heterocycles. The van der Waals surface area contributed by atoms with Crippen LogP contribution in [0.1, 0.15) is 5.56 Å². The van der Waals surface area contributed by atoms with Crippen LogP contribution >= 0.6 is 27.3 Å². The van der Waals surface area contributed by atoms with Crippen LogP contribution in [-0.4, -0.2) is 35.4 Å². The number of amides is 2. The van der Waals surface area contributed by atoms with E-state index in [9.17, 15) is 4.79 Å². The fraction of sp³-hybridized carbons (Fsp3) is 0.273. The number of carbonyl (C=O) groups is 1. The number of nitrogens with one attached hydrogen (secondary N) is 2. The van der Waals surface area contributed by atoms with E-state index in [1.165, 1.54) is 14.2 Å². The molecular weight excluding hydrogens is 362 g/mol. The summed E-state index contributed by atoms with van der Waals surface area (Å²) in [5.74, 6) is 0.455. The summed E-state index contributed by atoms with van der Waals surface area (Å²) in [5, 5.41) is 13.4. The van der Waals surface area contributed by atoms with Crippen LogP contribution in [0.25, 0.3) is 0 Å². The molecule has 2 rings (SSSR count). The zero-order valence-electron chi connectivity index (χ0n) is 11.2. The van der Waals surface area contributed by atoms with Crippen molar-refractivity contribution in [3.8, 4) is 11.1 Å². The number of ether oxygens (including phenoxy) is 2. The SMILES string of the molecule is COc1nnc(NC(=O)NCc2cc(Br)cnc2OC)s1. The number of halogens is 1. The average Bonchev–Trinajstić information content (AvgIpc) is 2.93. The number of carbonyl (C=O) groups excluding carboxylic acids is 1. The minimum Gasteiger partial charge on any atom is -0.481 e. The largest absolute Gasteiger partial charge is 0.481 e. The van der Waals surface area contributed by atoms with Gasteiger partial charge in [-0.25, -0.2) is 9.78 Å². The summed E-state index contributed by atoms with van der Waals surface area (Å²) in [6.07, 6.45) is 1.62. The molecule has 0 atom stereocenters. The number of urea groups is 1. The maximum atomic E-state index is 11.8. The van der Waals surface area contributed by atoms with E-state index in [4.69, 9.17) is 9.47 Å². The van der Waals surface area contributed by atoms with Crippen molar-refractivity contribution in [1.29, 1.82) is 0 Å². The van der Waals surface area contributed by atoms with Gasteiger partial charge in [-0.1, -0.05) is 5.10 Å². The number of methoxy groups -OCH3 is 2. The van der Waals surface area contributed by atoms with Crippen LogP contribution in [0.3, 0.4) is 0 Å². The summed E-state index contributed by atoms with van der Waals surface area (Å²) in [6, 6.07) is 1.41. The summed E-state index contributed by atoms with van der Waals surface area (Å²) >= 11 is 4.45. The molecule has 2 aromatic heterocycles. The highest BCUT2D eigenvalue weighted by atomic mass is 79.9. The van der Waals surface area contributed by atoms with Crippen LogP contribution in [0.2, 0.25) is 0 Å². The van der Waals surface area contributed by atoms with Crippen molar-refractivity contribution < 1.29 is 14.3 Å². The van der Waals surface area contributed by atoms with Crippen LogP contribution in [0.4, 0.5) is 9.93 Å². The van der Waals surface area contributed by atoms with Crippen molar-refractivity contribution in [3.05, 3.63) is 22.3 Å². The third kappa shape index (κ3) is 4.26. The molecular formula is C11H12BrN5O3S. The van der Waals surface area contributed by atoms with Gasteiger partial charge in [0.05, 0.1) is 14.2 Å². The van der Waals surface area contributed by atoms with Gasteiger partial charge in [-0.15, -0.1) is 5.10 Å². The Morgan fingerprint density at radius 1 is 1.38 bits per heavy atom. The molecule has 2 amide bonds. The molecule has 0 aliphatic carbocycles. The molecule has 0 saturated carbocycles. The van der Waals surface area contributed by atoms with Crippen molar-refractivity contribution in [2.24, 2.45) is 0 Å². The summed E-state index contributed by atoms with van der Waals surface area (Å²) in [6.45, 7) is 0.261. The van der Waals surface area contributed by atoms with Gasteiger partial charge in [-0.3, -0.25) is 5.32 Å². The summed E-state index contributed by atoms with van der Waals surface area (Å²) in [7, 11) is 3.00. The quantitative estimate of drug-likeness (QED) is 0.831. The molecule has 0 spiro atoms. The van der Waals surface area contributed by atoms with E-state index in [0.717, 1.165) is 21.4 Å². The molecule has 10 heteroatoms. The van der Waals surface area contributed by atoms with E-state index in [0.29, 0.717) is 16.2 Å². The first-order chi connectivity index (χ1) is 10.1. The number of anilines is 1. The molecule has 0 aliphatic rings. The van der Waals surface area contributed by atoms with E-state index in [1.807, 2.05) is 6.07 Å². The predicted octanol–water partition coefficient (Wildman–Crippen LogP) is 2.03. The van der Waals surface area contributed by atoms with E-state index in [2.05, 4.69) is 41.7 Å². The molecule has 0 radical (unpaired) electrons. The molecule has 0 fully saturated rings. The van der Waals surface area contributed by atoms with Gasteiger partial charge < -0.3 is 14.8 Å². The molecule has 112 valence electrons. The summed E-state index contributed by atoms with van der Waals surface area (Å²) in [5.41, 5.74) is 0.747. The highest BCUT2D eigenvalue weighted by molar-refractivity contribution is 9.10. The zero-order chi connectivity index (χ0) is 15.2. The van der Waals surface area contributed by atoms with E-state index in [-0.39, 0.29) is 6.54 Å². The Morgan fingerprint density at radius 3 is 2.86 bits per heavy atom. The van der Waals surface area contributed by atoms with Gasteiger partial charge in [0.15, 0.2) is 0 Å². The van der Waals surface area contributed by atoms with Crippen molar-refractivity contribution in [3.63, 3.8) is 0 Å². The number of pyridine rings is 1. The van der Waals surface area contributed by atoms with Crippen LogP contribution in [0.5, 0.6) is 11.1 Å². The number of aromatic nitrogens is 3. The third-order valence-electron chi connectivity index (χ3n) is 2.33. The minimum atomic E-state index is -0.407. The van der Waals surface area contributed by atoms with Crippen molar-refractivity contribution in [1.82, 2.24) is 20.5 Å². The van der Waals surface area contributed by atoms with E-state index >= 15 is 0 Å².